The molecule has 88 valence electrons. The topological polar surface area (TPSA) is 20.2 Å². The zero-order valence-corrected chi connectivity index (χ0v) is 10.1. The second-order valence-corrected chi connectivity index (χ2v) is 5.17. The maximum Gasteiger partial charge on any atom is 0.126 e. The van der Waals surface area contributed by atoms with Crippen LogP contribution in [-0.2, 0) is 0 Å². The van der Waals surface area contributed by atoms with Crippen molar-refractivity contribution in [2.75, 3.05) is 0 Å². The Bertz CT molecular complexity index is 402. The minimum atomic E-state index is -0.244. The van der Waals surface area contributed by atoms with Crippen molar-refractivity contribution >= 4 is 0 Å². The van der Waals surface area contributed by atoms with Gasteiger partial charge in [-0.05, 0) is 42.9 Å². The smallest absolute Gasteiger partial charge is 0.126 e. The van der Waals surface area contributed by atoms with Crippen LogP contribution in [0, 0.1) is 18.2 Å². The van der Waals surface area contributed by atoms with Gasteiger partial charge < -0.3 is 5.11 Å². The third-order valence-corrected chi connectivity index (χ3v) is 4.38. The third-order valence-electron chi connectivity index (χ3n) is 4.38. The highest BCUT2D eigenvalue weighted by Gasteiger charge is 2.50. The molecule has 3 unspecified atom stereocenters. The molecule has 0 saturated heterocycles. The van der Waals surface area contributed by atoms with Crippen LogP contribution in [0.15, 0.2) is 18.2 Å². The maximum atomic E-state index is 13.5. The highest BCUT2D eigenvalue weighted by molar-refractivity contribution is 5.30. The first kappa shape index (κ1) is 11.6. The summed E-state index contributed by atoms with van der Waals surface area (Å²) in [7, 11) is 0. The van der Waals surface area contributed by atoms with Gasteiger partial charge in [0.15, 0.2) is 0 Å². The summed E-state index contributed by atoms with van der Waals surface area (Å²) >= 11 is 0. The standard InChI is InChI=1S/C14H19FO/c1-4-14(3)11(8-13(14)16)10-6-5-9(2)12(15)7-10/h5-7,11,13,16H,4,8H2,1-3H3. The molecule has 16 heavy (non-hydrogen) atoms. The van der Waals surface area contributed by atoms with Crippen LogP contribution >= 0.6 is 0 Å². The molecule has 0 bridgehead atoms. The first-order valence-corrected chi connectivity index (χ1v) is 5.93. The minimum Gasteiger partial charge on any atom is -0.393 e. The largest absolute Gasteiger partial charge is 0.393 e. The van der Waals surface area contributed by atoms with E-state index in [0.29, 0.717) is 11.5 Å². The van der Waals surface area contributed by atoms with E-state index in [2.05, 4.69) is 13.8 Å². The lowest BCUT2D eigenvalue weighted by atomic mass is 9.55. The Kier molecular flexibility index (Phi) is 2.79. The quantitative estimate of drug-likeness (QED) is 0.813. The lowest BCUT2D eigenvalue weighted by molar-refractivity contribution is -0.0778. The number of benzene rings is 1. The molecule has 1 nitrogen and oxygen atoms in total. The van der Waals surface area contributed by atoms with E-state index < -0.39 is 0 Å². The molecule has 0 spiro atoms. The highest BCUT2D eigenvalue weighted by Crippen LogP contribution is 2.54. The lowest BCUT2D eigenvalue weighted by Gasteiger charge is -2.51. The molecule has 0 aliphatic heterocycles. The molecule has 1 aliphatic rings. The van der Waals surface area contributed by atoms with Crippen LogP contribution in [0.3, 0.4) is 0 Å². The van der Waals surface area contributed by atoms with Gasteiger partial charge in [0.2, 0.25) is 0 Å². The van der Waals surface area contributed by atoms with E-state index in [4.69, 9.17) is 0 Å². The maximum absolute atomic E-state index is 13.5. The molecule has 0 radical (unpaired) electrons. The molecule has 1 aliphatic carbocycles. The summed E-state index contributed by atoms with van der Waals surface area (Å²) in [5.41, 5.74) is 1.63. The average Bonchev–Trinajstić information content (AvgIpc) is 2.28. The first-order chi connectivity index (χ1) is 7.49. The van der Waals surface area contributed by atoms with Gasteiger partial charge in [0.1, 0.15) is 5.82 Å². The van der Waals surface area contributed by atoms with Crippen molar-refractivity contribution in [2.24, 2.45) is 5.41 Å². The molecule has 1 fully saturated rings. The van der Waals surface area contributed by atoms with E-state index in [1.54, 1.807) is 13.0 Å². The van der Waals surface area contributed by atoms with Crippen LogP contribution in [0.25, 0.3) is 0 Å². The predicted octanol–water partition coefficient (Wildman–Crippen LogP) is 3.40. The van der Waals surface area contributed by atoms with Gasteiger partial charge in [0.25, 0.3) is 0 Å². The normalized spacial score (nSPS) is 33.6. The third kappa shape index (κ3) is 1.56. The van der Waals surface area contributed by atoms with Gasteiger partial charge in [0.05, 0.1) is 6.10 Å². The number of rotatable bonds is 2. The summed E-state index contributed by atoms with van der Waals surface area (Å²) in [6, 6.07) is 5.44. The van der Waals surface area contributed by atoms with Crippen molar-refractivity contribution in [3.8, 4) is 0 Å². The molecule has 3 atom stereocenters. The van der Waals surface area contributed by atoms with Crippen molar-refractivity contribution < 1.29 is 9.50 Å². The van der Waals surface area contributed by atoms with Gasteiger partial charge in [-0.1, -0.05) is 26.0 Å². The molecule has 1 N–H and O–H groups in total. The van der Waals surface area contributed by atoms with Gasteiger partial charge in [-0.3, -0.25) is 0 Å². The second-order valence-electron chi connectivity index (χ2n) is 5.17. The van der Waals surface area contributed by atoms with Gasteiger partial charge in [-0.15, -0.1) is 0 Å². The molecule has 1 aromatic carbocycles. The number of aryl methyl sites for hydroxylation is 1. The Labute approximate surface area is 96.3 Å². The monoisotopic (exact) mass is 222 g/mol. The summed E-state index contributed by atoms with van der Waals surface area (Å²) in [4.78, 5) is 0. The molecule has 0 amide bonds. The van der Waals surface area contributed by atoms with Crippen LogP contribution < -0.4 is 0 Å². The van der Waals surface area contributed by atoms with Crippen molar-refractivity contribution in [1.82, 2.24) is 0 Å². The minimum absolute atomic E-state index is 0.0816. The van der Waals surface area contributed by atoms with E-state index in [-0.39, 0.29) is 17.3 Å². The number of aliphatic hydroxyl groups is 1. The zero-order valence-electron chi connectivity index (χ0n) is 10.1. The summed E-state index contributed by atoms with van der Waals surface area (Å²) in [6.07, 6.45) is 1.44. The average molecular weight is 222 g/mol. The molecule has 2 rings (SSSR count). The van der Waals surface area contributed by atoms with Gasteiger partial charge in [0, 0.05) is 5.41 Å². The van der Waals surface area contributed by atoms with Crippen molar-refractivity contribution in [2.45, 2.75) is 45.6 Å². The predicted molar refractivity (Wildman–Crippen MR) is 62.9 cm³/mol. The van der Waals surface area contributed by atoms with Crippen molar-refractivity contribution in [3.05, 3.63) is 35.1 Å². The van der Waals surface area contributed by atoms with Crippen LogP contribution in [-0.4, -0.2) is 11.2 Å². The Balaban J connectivity index is 2.29. The number of hydrogen-bond donors (Lipinski definition) is 1. The Hall–Kier alpha value is -0.890. The Morgan fingerprint density at radius 2 is 2.19 bits per heavy atom. The lowest BCUT2D eigenvalue weighted by Crippen LogP contribution is -2.49. The molecule has 1 saturated carbocycles. The van der Waals surface area contributed by atoms with Crippen LogP contribution in [0.5, 0.6) is 0 Å². The molecule has 0 heterocycles. The Morgan fingerprint density at radius 3 is 2.69 bits per heavy atom. The fourth-order valence-electron chi connectivity index (χ4n) is 2.66. The van der Waals surface area contributed by atoms with E-state index in [0.717, 1.165) is 18.4 Å². The summed E-state index contributed by atoms with van der Waals surface area (Å²) in [6.45, 7) is 5.94. The van der Waals surface area contributed by atoms with Crippen LogP contribution in [0.2, 0.25) is 0 Å². The fourth-order valence-corrected chi connectivity index (χ4v) is 2.66. The molecular formula is C14H19FO. The number of hydrogen-bond acceptors (Lipinski definition) is 1. The number of halogens is 1. The second kappa shape index (κ2) is 3.85. The number of aliphatic hydroxyl groups excluding tert-OH is 1. The van der Waals surface area contributed by atoms with Gasteiger partial charge in [-0.2, -0.15) is 0 Å². The molecular weight excluding hydrogens is 203 g/mol. The van der Waals surface area contributed by atoms with E-state index in [1.165, 1.54) is 0 Å². The van der Waals surface area contributed by atoms with E-state index in [9.17, 15) is 9.50 Å². The van der Waals surface area contributed by atoms with Gasteiger partial charge in [-0.25, -0.2) is 4.39 Å². The van der Waals surface area contributed by atoms with Crippen molar-refractivity contribution in [1.29, 1.82) is 0 Å². The SMILES string of the molecule is CCC1(C)C(O)CC1c1ccc(C)c(F)c1. The zero-order chi connectivity index (χ0) is 11.9. The molecule has 2 heteroatoms. The summed E-state index contributed by atoms with van der Waals surface area (Å²) < 4.78 is 13.5. The molecule has 1 aromatic rings. The van der Waals surface area contributed by atoms with E-state index >= 15 is 0 Å². The summed E-state index contributed by atoms with van der Waals surface area (Å²) in [5, 5.41) is 9.83. The van der Waals surface area contributed by atoms with Gasteiger partial charge >= 0.3 is 0 Å². The van der Waals surface area contributed by atoms with Crippen LogP contribution in [0.4, 0.5) is 4.39 Å². The summed E-state index contributed by atoms with van der Waals surface area (Å²) in [5.74, 6) is 0.153. The fraction of sp³-hybridized carbons (Fsp3) is 0.571. The van der Waals surface area contributed by atoms with Crippen LogP contribution in [0.1, 0.15) is 43.7 Å². The van der Waals surface area contributed by atoms with Crippen molar-refractivity contribution in [3.63, 3.8) is 0 Å². The highest BCUT2D eigenvalue weighted by atomic mass is 19.1. The van der Waals surface area contributed by atoms with E-state index in [1.807, 2.05) is 12.1 Å². The first-order valence-electron chi connectivity index (χ1n) is 5.93. The molecule has 0 aromatic heterocycles. The Morgan fingerprint density at radius 1 is 1.50 bits per heavy atom.